The van der Waals surface area contributed by atoms with Gasteiger partial charge < -0.3 is 15.0 Å². The van der Waals surface area contributed by atoms with Crippen molar-refractivity contribution in [1.82, 2.24) is 20.1 Å². The van der Waals surface area contributed by atoms with Gasteiger partial charge in [0.25, 0.3) is 5.91 Å². The third-order valence-electron chi connectivity index (χ3n) is 2.83. The number of H-pyrrole nitrogens is 1. The molecule has 0 aliphatic carbocycles. The summed E-state index contributed by atoms with van der Waals surface area (Å²) < 4.78 is 1.99. The number of aromatic amines is 1. The van der Waals surface area contributed by atoms with Crippen LogP contribution in [0.4, 0.5) is 0 Å². The molecule has 0 aliphatic heterocycles. The molecule has 0 spiro atoms. The van der Waals surface area contributed by atoms with Crippen LogP contribution in [0.5, 0.6) is 0 Å². The number of benzene rings is 1. The van der Waals surface area contributed by atoms with E-state index >= 15 is 0 Å². The van der Waals surface area contributed by atoms with Crippen LogP contribution in [0.3, 0.4) is 0 Å². The van der Waals surface area contributed by atoms with Crippen LogP contribution in [0.2, 0.25) is 5.02 Å². The standard InChI is InChI=1S/C12H13ClN4O2S/c1-17-10(15-16-12(17)20)9(6-18)14-11(19)7-4-2-3-5-8(7)13/h2-5,9,18H,6H2,1H3,(H,14,19)(H,16,20)/t9-/m0/s1. The minimum Gasteiger partial charge on any atom is -0.394 e. The van der Waals surface area contributed by atoms with Crippen molar-refractivity contribution >= 4 is 29.7 Å². The molecule has 1 aromatic heterocycles. The van der Waals surface area contributed by atoms with E-state index in [0.29, 0.717) is 21.2 Å². The average molecular weight is 313 g/mol. The number of carbonyl (C=O) groups excluding carboxylic acids is 1. The second-order valence-electron chi connectivity index (χ2n) is 4.13. The first-order valence-corrected chi connectivity index (χ1v) is 6.60. The average Bonchev–Trinajstić information content (AvgIpc) is 2.77. The number of nitrogens with one attached hydrogen (secondary N) is 2. The van der Waals surface area contributed by atoms with Gasteiger partial charge in [0, 0.05) is 7.05 Å². The van der Waals surface area contributed by atoms with E-state index < -0.39 is 6.04 Å². The van der Waals surface area contributed by atoms with Gasteiger partial charge in [0.15, 0.2) is 10.6 Å². The number of hydrogen-bond acceptors (Lipinski definition) is 4. The van der Waals surface area contributed by atoms with E-state index in [2.05, 4.69) is 15.5 Å². The Morgan fingerprint density at radius 3 is 2.85 bits per heavy atom. The molecule has 0 aliphatic rings. The van der Waals surface area contributed by atoms with Gasteiger partial charge in [-0.05, 0) is 24.4 Å². The fourth-order valence-corrected chi connectivity index (χ4v) is 2.10. The molecule has 2 aromatic rings. The molecule has 0 radical (unpaired) electrons. The number of carbonyl (C=O) groups is 1. The summed E-state index contributed by atoms with van der Waals surface area (Å²) in [5, 5.41) is 19.0. The summed E-state index contributed by atoms with van der Waals surface area (Å²) in [7, 11) is 1.70. The Kier molecular flexibility index (Phi) is 4.53. The number of hydrogen-bond donors (Lipinski definition) is 3. The molecule has 1 atom stereocenters. The van der Waals surface area contributed by atoms with Gasteiger partial charge in [0.2, 0.25) is 0 Å². The number of aromatic nitrogens is 3. The minimum absolute atomic E-state index is 0.302. The van der Waals surface area contributed by atoms with Gasteiger partial charge in [-0.3, -0.25) is 9.89 Å². The maximum atomic E-state index is 12.1. The smallest absolute Gasteiger partial charge is 0.253 e. The van der Waals surface area contributed by atoms with E-state index in [1.54, 1.807) is 35.9 Å². The normalized spacial score (nSPS) is 12.2. The zero-order valence-corrected chi connectivity index (χ0v) is 12.2. The highest BCUT2D eigenvalue weighted by Crippen LogP contribution is 2.16. The SMILES string of the molecule is Cn1c([C@H](CO)NC(=O)c2ccccc2Cl)n[nH]c1=S. The van der Waals surface area contributed by atoms with Gasteiger partial charge in [-0.25, -0.2) is 0 Å². The van der Waals surface area contributed by atoms with Gasteiger partial charge in [-0.15, -0.1) is 0 Å². The number of rotatable bonds is 4. The first-order chi connectivity index (χ1) is 9.54. The highest BCUT2D eigenvalue weighted by atomic mass is 35.5. The summed E-state index contributed by atoms with van der Waals surface area (Å²) in [5.74, 6) is 0.0569. The minimum atomic E-state index is -0.670. The molecule has 0 bridgehead atoms. The van der Waals surface area contributed by atoms with Crippen molar-refractivity contribution in [3.8, 4) is 0 Å². The van der Waals surface area contributed by atoms with Crippen molar-refractivity contribution in [2.24, 2.45) is 7.05 Å². The van der Waals surface area contributed by atoms with Crippen LogP contribution in [0.25, 0.3) is 0 Å². The second kappa shape index (κ2) is 6.17. The Bertz CT molecular complexity index is 682. The Morgan fingerprint density at radius 1 is 1.60 bits per heavy atom. The Morgan fingerprint density at radius 2 is 2.30 bits per heavy atom. The van der Waals surface area contributed by atoms with Gasteiger partial charge >= 0.3 is 0 Å². The summed E-state index contributed by atoms with van der Waals surface area (Å²) >= 11 is 11.0. The van der Waals surface area contributed by atoms with Crippen LogP contribution in [-0.4, -0.2) is 32.4 Å². The van der Waals surface area contributed by atoms with Crippen LogP contribution < -0.4 is 5.32 Å². The first-order valence-electron chi connectivity index (χ1n) is 5.82. The number of halogens is 1. The second-order valence-corrected chi connectivity index (χ2v) is 4.93. The fourth-order valence-electron chi connectivity index (χ4n) is 1.74. The summed E-state index contributed by atoms with van der Waals surface area (Å²) in [6, 6.07) is 6.01. The lowest BCUT2D eigenvalue weighted by molar-refractivity contribution is 0.0912. The molecule has 20 heavy (non-hydrogen) atoms. The number of nitrogens with zero attached hydrogens (tertiary/aromatic N) is 2. The van der Waals surface area contributed by atoms with E-state index in [9.17, 15) is 9.90 Å². The molecule has 0 saturated carbocycles. The summed E-state index contributed by atoms with van der Waals surface area (Å²) in [6.07, 6.45) is 0. The lowest BCUT2D eigenvalue weighted by Gasteiger charge is -2.15. The summed E-state index contributed by atoms with van der Waals surface area (Å²) in [6.45, 7) is -0.302. The molecule has 1 heterocycles. The molecule has 3 N–H and O–H groups in total. The molecule has 0 fully saturated rings. The van der Waals surface area contributed by atoms with E-state index in [-0.39, 0.29) is 12.5 Å². The molecule has 106 valence electrons. The predicted molar refractivity (Wildman–Crippen MR) is 77.1 cm³/mol. The Hall–Kier alpha value is -1.70. The van der Waals surface area contributed by atoms with E-state index in [1.807, 2.05) is 0 Å². The zero-order valence-electron chi connectivity index (χ0n) is 10.6. The molecular formula is C12H13ClN4O2S. The quantitative estimate of drug-likeness (QED) is 0.749. The number of amides is 1. The van der Waals surface area contributed by atoms with Gasteiger partial charge in [0.05, 0.1) is 17.2 Å². The topological polar surface area (TPSA) is 82.9 Å². The van der Waals surface area contributed by atoms with Gasteiger partial charge in [-0.1, -0.05) is 23.7 Å². The van der Waals surface area contributed by atoms with Gasteiger partial charge in [-0.2, -0.15) is 5.10 Å². The Balaban J connectivity index is 2.23. The molecule has 0 unspecified atom stereocenters. The lowest BCUT2D eigenvalue weighted by atomic mass is 10.2. The van der Waals surface area contributed by atoms with E-state index in [1.165, 1.54) is 0 Å². The monoisotopic (exact) mass is 312 g/mol. The zero-order chi connectivity index (χ0) is 14.7. The highest BCUT2D eigenvalue weighted by Gasteiger charge is 2.20. The fraction of sp³-hybridized carbons (Fsp3) is 0.250. The molecular weight excluding hydrogens is 300 g/mol. The third-order valence-corrected chi connectivity index (χ3v) is 3.53. The highest BCUT2D eigenvalue weighted by molar-refractivity contribution is 7.71. The maximum Gasteiger partial charge on any atom is 0.253 e. The van der Waals surface area contributed by atoms with Crippen molar-refractivity contribution in [3.63, 3.8) is 0 Å². The molecule has 6 nitrogen and oxygen atoms in total. The Labute approximate surface area is 125 Å². The van der Waals surface area contributed by atoms with Crippen molar-refractivity contribution in [2.75, 3.05) is 6.61 Å². The van der Waals surface area contributed by atoms with Crippen LogP contribution in [0.1, 0.15) is 22.2 Å². The van der Waals surface area contributed by atoms with Crippen molar-refractivity contribution in [1.29, 1.82) is 0 Å². The summed E-state index contributed by atoms with van der Waals surface area (Å²) in [4.78, 5) is 12.1. The lowest BCUT2D eigenvalue weighted by Crippen LogP contribution is -2.32. The van der Waals surface area contributed by atoms with Crippen LogP contribution in [0, 0.1) is 4.77 Å². The molecule has 0 saturated heterocycles. The number of aliphatic hydroxyl groups is 1. The molecule has 2 rings (SSSR count). The molecule has 1 amide bonds. The van der Waals surface area contributed by atoms with E-state index in [0.717, 1.165) is 0 Å². The predicted octanol–water partition coefficient (Wildman–Crippen LogP) is 1.59. The van der Waals surface area contributed by atoms with Crippen molar-refractivity contribution in [3.05, 3.63) is 45.4 Å². The largest absolute Gasteiger partial charge is 0.394 e. The third kappa shape index (κ3) is 2.90. The molecule has 1 aromatic carbocycles. The van der Waals surface area contributed by atoms with Crippen LogP contribution >= 0.6 is 23.8 Å². The van der Waals surface area contributed by atoms with Gasteiger partial charge in [0.1, 0.15) is 6.04 Å². The summed E-state index contributed by atoms with van der Waals surface area (Å²) in [5.41, 5.74) is 0.337. The first kappa shape index (κ1) is 14.7. The molecule has 8 heteroatoms. The van der Waals surface area contributed by atoms with E-state index in [4.69, 9.17) is 23.8 Å². The van der Waals surface area contributed by atoms with Crippen LogP contribution in [-0.2, 0) is 7.05 Å². The maximum absolute atomic E-state index is 12.1. The van der Waals surface area contributed by atoms with Crippen molar-refractivity contribution in [2.45, 2.75) is 6.04 Å². The van der Waals surface area contributed by atoms with Crippen molar-refractivity contribution < 1.29 is 9.90 Å². The number of aliphatic hydroxyl groups excluding tert-OH is 1. The van der Waals surface area contributed by atoms with Crippen LogP contribution in [0.15, 0.2) is 24.3 Å².